The van der Waals surface area contributed by atoms with E-state index in [1.807, 2.05) is 5.43 Å². The number of aliphatic hydroxyl groups excluding tert-OH is 1. The number of aliphatic hydroxyl groups is 3. The van der Waals surface area contributed by atoms with Gasteiger partial charge >= 0.3 is 5.91 Å². The van der Waals surface area contributed by atoms with Gasteiger partial charge < -0.3 is 20.1 Å². The van der Waals surface area contributed by atoms with Crippen molar-refractivity contribution < 1.29 is 24.4 Å². The minimum Gasteiger partial charge on any atom is -0.362 e. The lowest BCUT2D eigenvalue weighted by atomic mass is 9.98. The molecule has 0 spiro atoms. The van der Waals surface area contributed by atoms with Crippen molar-refractivity contribution in [2.45, 2.75) is 12.2 Å². The molecular weight excluding hydrogens is 329 g/mol. The summed E-state index contributed by atoms with van der Waals surface area (Å²) in [6.07, 6.45) is 1.18. The normalized spacial score (nSPS) is 13.4. The van der Waals surface area contributed by atoms with Crippen LogP contribution in [-0.2, 0) is 4.74 Å². The van der Waals surface area contributed by atoms with Crippen LogP contribution in [0.2, 0.25) is 0 Å². The third-order valence-electron chi connectivity index (χ3n) is 3.33. The Balaban J connectivity index is 2.40. The van der Waals surface area contributed by atoms with Crippen molar-refractivity contribution in [1.82, 2.24) is 10.4 Å². The molecule has 0 saturated carbocycles. The van der Waals surface area contributed by atoms with Crippen LogP contribution in [0.15, 0.2) is 60.5 Å². The Morgan fingerprint density at radius 1 is 1.20 bits per heavy atom. The summed E-state index contributed by atoms with van der Waals surface area (Å²) in [4.78, 5) is 3.92. The highest BCUT2D eigenvalue weighted by Gasteiger charge is 2.33. The van der Waals surface area contributed by atoms with Gasteiger partial charge in [0, 0.05) is 30.6 Å². The first-order valence-corrected chi connectivity index (χ1v) is 7.21. The van der Waals surface area contributed by atoms with Crippen molar-refractivity contribution in [1.29, 1.82) is 0 Å². The third kappa shape index (κ3) is 4.68. The number of hydrogen-bond acceptors (Lipinski definition) is 7. The van der Waals surface area contributed by atoms with Crippen molar-refractivity contribution in [3.05, 3.63) is 72.3 Å². The minimum absolute atomic E-state index is 0.210. The molecule has 1 aromatic carbocycles. The van der Waals surface area contributed by atoms with Gasteiger partial charge in [-0.25, -0.2) is 4.39 Å². The molecule has 1 heterocycles. The summed E-state index contributed by atoms with van der Waals surface area (Å²) >= 11 is 0. The van der Waals surface area contributed by atoms with Crippen LogP contribution in [0.5, 0.6) is 0 Å². The quantitative estimate of drug-likeness (QED) is 0.336. The first-order valence-electron chi connectivity index (χ1n) is 7.21. The summed E-state index contributed by atoms with van der Waals surface area (Å²) in [5.41, 5.74) is 3.80. The van der Waals surface area contributed by atoms with Gasteiger partial charge in [0.1, 0.15) is 5.82 Å². The molecule has 0 saturated heterocycles. The van der Waals surface area contributed by atoms with Gasteiger partial charge in [-0.2, -0.15) is 5.10 Å². The highest BCUT2D eigenvalue weighted by atomic mass is 19.1. The van der Waals surface area contributed by atoms with Crippen molar-refractivity contribution >= 4 is 11.3 Å². The molecule has 0 bridgehead atoms. The van der Waals surface area contributed by atoms with Gasteiger partial charge in [0.2, 0.25) is 6.29 Å². The Morgan fingerprint density at radius 2 is 1.80 bits per heavy atom. The molecule has 0 amide bonds. The monoisotopic (exact) mass is 347 g/mol. The summed E-state index contributed by atoms with van der Waals surface area (Å²) in [5.74, 6) is -3.27. The molecule has 1 atom stereocenters. The van der Waals surface area contributed by atoms with Crippen LogP contribution in [0.3, 0.4) is 0 Å². The number of nitrogens with zero attached hydrogens (tertiary/aromatic N) is 2. The maximum Gasteiger partial charge on any atom is 0.313 e. The topological polar surface area (TPSA) is 107 Å². The number of ether oxygens (including phenoxy) is 1. The molecule has 0 aliphatic rings. The van der Waals surface area contributed by atoms with Gasteiger partial charge in [-0.05, 0) is 42.0 Å². The number of benzene rings is 1. The molecule has 25 heavy (non-hydrogen) atoms. The SMILES string of the molecule is C=C(/C(=N\NC(O)(O)C(O)OC)c1ccc(F)cc1)c1ccncc1. The molecule has 0 fully saturated rings. The van der Waals surface area contributed by atoms with Crippen LogP contribution < -0.4 is 5.43 Å². The predicted molar refractivity (Wildman–Crippen MR) is 89.5 cm³/mol. The summed E-state index contributed by atoms with van der Waals surface area (Å²) < 4.78 is 17.6. The lowest BCUT2D eigenvalue weighted by molar-refractivity contribution is -0.312. The lowest BCUT2D eigenvalue weighted by Gasteiger charge is -2.25. The fourth-order valence-corrected chi connectivity index (χ4v) is 1.96. The van der Waals surface area contributed by atoms with Crippen LogP contribution >= 0.6 is 0 Å². The molecule has 1 unspecified atom stereocenters. The molecule has 1 aromatic heterocycles. The Labute approximate surface area is 143 Å². The molecule has 7 nitrogen and oxygen atoms in total. The molecule has 2 rings (SSSR count). The van der Waals surface area contributed by atoms with Crippen LogP contribution in [0.1, 0.15) is 11.1 Å². The number of aromatic nitrogens is 1. The van der Waals surface area contributed by atoms with Gasteiger partial charge in [0.25, 0.3) is 0 Å². The fourth-order valence-electron chi connectivity index (χ4n) is 1.96. The van der Waals surface area contributed by atoms with E-state index in [4.69, 9.17) is 0 Å². The second-order valence-corrected chi connectivity index (χ2v) is 5.11. The largest absolute Gasteiger partial charge is 0.362 e. The number of pyridine rings is 1. The summed E-state index contributed by atoms with van der Waals surface area (Å²) in [5, 5.41) is 32.8. The lowest BCUT2D eigenvalue weighted by Crippen LogP contribution is -2.53. The zero-order valence-corrected chi connectivity index (χ0v) is 13.4. The van der Waals surface area contributed by atoms with Gasteiger partial charge in [0.15, 0.2) is 0 Å². The first kappa shape index (κ1) is 18.7. The van der Waals surface area contributed by atoms with E-state index in [1.165, 1.54) is 24.3 Å². The number of rotatable bonds is 7. The van der Waals surface area contributed by atoms with Crippen LogP contribution in [0.25, 0.3) is 5.57 Å². The number of nitrogens with one attached hydrogen (secondary N) is 1. The third-order valence-corrected chi connectivity index (χ3v) is 3.33. The smallest absolute Gasteiger partial charge is 0.313 e. The van der Waals surface area contributed by atoms with E-state index in [1.54, 1.807) is 24.5 Å². The molecule has 0 radical (unpaired) electrons. The Morgan fingerprint density at radius 3 is 2.36 bits per heavy atom. The number of methoxy groups -OCH3 is 1. The maximum absolute atomic E-state index is 13.2. The van der Waals surface area contributed by atoms with Gasteiger partial charge in [-0.1, -0.05) is 6.58 Å². The highest BCUT2D eigenvalue weighted by molar-refractivity contribution is 6.31. The van der Waals surface area contributed by atoms with E-state index in [2.05, 4.69) is 21.4 Å². The Kier molecular flexibility index (Phi) is 5.94. The summed E-state index contributed by atoms with van der Waals surface area (Å²) in [7, 11) is 1.09. The highest BCUT2D eigenvalue weighted by Crippen LogP contribution is 2.19. The zero-order valence-electron chi connectivity index (χ0n) is 13.4. The Bertz CT molecular complexity index is 748. The van der Waals surface area contributed by atoms with E-state index in [0.29, 0.717) is 16.7 Å². The van der Waals surface area contributed by atoms with Crippen LogP contribution in [0, 0.1) is 5.82 Å². The number of hydrazone groups is 1. The molecule has 2 aromatic rings. The fraction of sp³-hybridized carbons (Fsp3) is 0.176. The van der Waals surface area contributed by atoms with Crippen LogP contribution in [0.4, 0.5) is 4.39 Å². The Hall–Kier alpha value is -2.65. The van der Waals surface area contributed by atoms with E-state index >= 15 is 0 Å². The molecule has 8 heteroatoms. The second kappa shape index (κ2) is 7.95. The summed E-state index contributed by atoms with van der Waals surface area (Å²) in [6, 6.07) is 8.78. The standard InChI is InChI=1S/C17H18FN3O4/c1-11(12-7-9-19-10-8-12)15(13-3-5-14(18)6-4-13)20-21-17(23,24)16(22)25-2/h3-10,16,21-24H,1H2,2H3/b20-15+. The van der Waals surface area contributed by atoms with Crippen LogP contribution in [-0.4, -0.2) is 45.3 Å². The first-order chi connectivity index (χ1) is 11.8. The molecular formula is C17H18FN3O4. The number of halogens is 1. The minimum atomic E-state index is -2.83. The van der Waals surface area contributed by atoms with Crippen molar-refractivity contribution in [2.24, 2.45) is 5.10 Å². The van der Waals surface area contributed by atoms with Crippen molar-refractivity contribution in [3.8, 4) is 0 Å². The molecule has 0 aliphatic carbocycles. The molecule has 4 N–H and O–H groups in total. The second-order valence-electron chi connectivity index (χ2n) is 5.11. The van der Waals surface area contributed by atoms with Crippen molar-refractivity contribution in [2.75, 3.05) is 7.11 Å². The van der Waals surface area contributed by atoms with Crippen molar-refractivity contribution in [3.63, 3.8) is 0 Å². The number of hydrogen-bond donors (Lipinski definition) is 4. The van der Waals surface area contributed by atoms with E-state index < -0.39 is 18.0 Å². The van der Waals surface area contributed by atoms with Gasteiger partial charge in [-0.15, -0.1) is 0 Å². The molecule has 132 valence electrons. The summed E-state index contributed by atoms with van der Waals surface area (Å²) in [6.45, 7) is 3.94. The zero-order chi connectivity index (χ0) is 18.4. The van der Waals surface area contributed by atoms with E-state index in [-0.39, 0.29) is 5.71 Å². The van der Waals surface area contributed by atoms with Gasteiger partial charge in [-0.3, -0.25) is 10.4 Å². The maximum atomic E-state index is 13.2. The van der Waals surface area contributed by atoms with Gasteiger partial charge in [0.05, 0.1) is 5.71 Å². The van der Waals surface area contributed by atoms with E-state index in [0.717, 1.165) is 7.11 Å². The average Bonchev–Trinajstić information content (AvgIpc) is 2.63. The molecule has 0 aliphatic heterocycles. The van der Waals surface area contributed by atoms with E-state index in [9.17, 15) is 19.7 Å². The predicted octanol–water partition coefficient (Wildman–Crippen LogP) is 0.831. The number of allylic oxidation sites excluding steroid dienone is 1. The average molecular weight is 347 g/mol.